The molecule has 3 aromatic rings. The molecule has 0 aliphatic carbocycles. The highest BCUT2D eigenvalue weighted by atomic mass is 16.5. The summed E-state index contributed by atoms with van der Waals surface area (Å²) in [4.78, 5) is 23.7. The van der Waals surface area contributed by atoms with Crippen LogP contribution in [0.15, 0.2) is 53.3 Å². The van der Waals surface area contributed by atoms with E-state index in [2.05, 4.69) is 4.57 Å². The molecular weight excluding hydrogens is 314 g/mol. The van der Waals surface area contributed by atoms with Crippen molar-refractivity contribution in [2.24, 2.45) is 0 Å². The van der Waals surface area contributed by atoms with E-state index in [9.17, 15) is 9.59 Å². The maximum absolute atomic E-state index is 12.7. The molecule has 4 nitrogen and oxygen atoms in total. The molecule has 2 aromatic carbocycles. The van der Waals surface area contributed by atoms with Crippen LogP contribution in [0.2, 0.25) is 0 Å². The number of hydrogen-bond acceptors (Lipinski definition) is 3. The van der Waals surface area contributed by atoms with Crippen molar-refractivity contribution >= 4 is 27.8 Å². The Hall–Kier alpha value is -2.62. The van der Waals surface area contributed by atoms with Crippen LogP contribution in [0.5, 0.6) is 0 Å². The van der Waals surface area contributed by atoms with Crippen LogP contribution in [0.4, 0.5) is 0 Å². The van der Waals surface area contributed by atoms with Crippen molar-refractivity contribution in [2.75, 3.05) is 0 Å². The normalized spacial score (nSPS) is 12.4. The predicted molar refractivity (Wildman–Crippen MR) is 101 cm³/mol. The third-order valence-corrected chi connectivity index (χ3v) is 4.49. The molecule has 0 saturated heterocycles. The SMILES string of the molecule is CC(=O)O[C@H](C)CCCCn1c2ccccc2c(=O)c2ccccc21. The smallest absolute Gasteiger partial charge is 0.302 e. The Kier molecular flexibility index (Phi) is 5.17. The van der Waals surface area contributed by atoms with Crippen LogP contribution in [0.1, 0.15) is 33.1 Å². The monoisotopic (exact) mass is 337 g/mol. The molecule has 130 valence electrons. The fourth-order valence-electron chi connectivity index (χ4n) is 3.36. The molecule has 1 heterocycles. The molecule has 3 rings (SSSR count). The second kappa shape index (κ2) is 7.51. The van der Waals surface area contributed by atoms with Crippen molar-refractivity contribution < 1.29 is 9.53 Å². The molecule has 25 heavy (non-hydrogen) atoms. The maximum Gasteiger partial charge on any atom is 0.302 e. The zero-order valence-electron chi connectivity index (χ0n) is 14.7. The summed E-state index contributed by atoms with van der Waals surface area (Å²) in [5.41, 5.74) is 2.03. The van der Waals surface area contributed by atoms with Crippen LogP contribution >= 0.6 is 0 Å². The Balaban J connectivity index is 1.86. The van der Waals surface area contributed by atoms with Gasteiger partial charge in [-0.3, -0.25) is 9.59 Å². The topological polar surface area (TPSA) is 48.3 Å². The minimum absolute atomic E-state index is 0.0555. The molecule has 4 heteroatoms. The second-order valence-corrected chi connectivity index (χ2v) is 6.43. The molecule has 0 N–H and O–H groups in total. The van der Waals surface area contributed by atoms with Gasteiger partial charge in [0.05, 0.1) is 17.1 Å². The molecular formula is C21H23NO3. The highest BCUT2D eigenvalue weighted by Crippen LogP contribution is 2.20. The third-order valence-electron chi connectivity index (χ3n) is 4.49. The average Bonchev–Trinajstić information content (AvgIpc) is 2.60. The lowest BCUT2D eigenvalue weighted by atomic mass is 10.1. The van der Waals surface area contributed by atoms with Crippen LogP contribution in [-0.4, -0.2) is 16.6 Å². The quantitative estimate of drug-likeness (QED) is 0.383. The standard InChI is InChI=1S/C21H23NO3/c1-15(25-16(2)23)9-7-8-14-22-19-12-5-3-10-17(19)21(24)18-11-4-6-13-20(18)22/h3-6,10-13,15H,7-9,14H2,1-2H3/t15-/m1/s1. The summed E-state index contributed by atoms with van der Waals surface area (Å²) in [6.07, 6.45) is 2.71. The lowest BCUT2D eigenvalue weighted by molar-refractivity contribution is -0.145. The Morgan fingerprint density at radius 1 is 1.00 bits per heavy atom. The molecule has 1 atom stereocenters. The van der Waals surface area contributed by atoms with Crippen molar-refractivity contribution in [1.29, 1.82) is 0 Å². The summed E-state index contributed by atoms with van der Waals surface area (Å²) in [5, 5.41) is 1.52. The number of aryl methyl sites for hydroxylation is 1. The number of ether oxygens (including phenoxy) is 1. The van der Waals surface area contributed by atoms with Gasteiger partial charge in [0.1, 0.15) is 0 Å². The van der Waals surface area contributed by atoms with Gasteiger partial charge in [-0.1, -0.05) is 24.3 Å². The number of hydrogen-bond donors (Lipinski definition) is 0. The number of carbonyl (C=O) groups excluding carboxylic acids is 1. The predicted octanol–water partition coefficient (Wildman–Crippen LogP) is 4.28. The van der Waals surface area contributed by atoms with Gasteiger partial charge in [0, 0.05) is 24.2 Å². The second-order valence-electron chi connectivity index (χ2n) is 6.43. The lowest BCUT2D eigenvalue weighted by Gasteiger charge is -2.16. The first-order valence-electron chi connectivity index (χ1n) is 8.75. The molecule has 0 amide bonds. The first kappa shape index (κ1) is 17.2. The zero-order chi connectivity index (χ0) is 17.8. The summed E-state index contributed by atoms with van der Waals surface area (Å²) in [7, 11) is 0. The van der Waals surface area contributed by atoms with E-state index >= 15 is 0 Å². The number of aromatic nitrogens is 1. The van der Waals surface area contributed by atoms with Gasteiger partial charge in [0.15, 0.2) is 5.43 Å². The summed E-state index contributed by atoms with van der Waals surface area (Å²) >= 11 is 0. The van der Waals surface area contributed by atoms with E-state index in [1.165, 1.54) is 6.92 Å². The van der Waals surface area contributed by atoms with Gasteiger partial charge in [-0.15, -0.1) is 0 Å². The van der Waals surface area contributed by atoms with Crippen molar-refractivity contribution in [3.8, 4) is 0 Å². The number of carbonyl (C=O) groups is 1. The Morgan fingerprint density at radius 3 is 2.12 bits per heavy atom. The van der Waals surface area contributed by atoms with E-state index in [1.54, 1.807) is 0 Å². The van der Waals surface area contributed by atoms with Gasteiger partial charge in [-0.05, 0) is 50.5 Å². The minimum atomic E-state index is -0.232. The molecule has 0 radical (unpaired) electrons. The molecule has 0 unspecified atom stereocenters. The summed E-state index contributed by atoms with van der Waals surface area (Å²) < 4.78 is 7.40. The Bertz CT molecular complexity index is 898. The van der Waals surface area contributed by atoms with Crippen LogP contribution in [0.25, 0.3) is 21.8 Å². The molecule has 0 saturated carbocycles. The molecule has 0 spiro atoms. The molecule has 1 aromatic heterocycles. The highest BCUT2D eigenvalue weighted by molar-refractivity contribution is 5.93. The van der Waals surface area contributed by atoms with Crippen LogP contribution in [0.3, 0.4) is 0 Å². The number of unbranched alkanes of at least 4 members (excludes halogenated alkanes) is 1. The van der Waals surface area contributed by atoms with E-state index in [-0.39, 0.29) is 17.5 Å². The maximum atomic E-state index is 12.7. The van der Waals surface area contributed by atoms with Gasteiger partial charge in [-0.25, -0.2) is 0 Å². The van der Waals surface area contributed by atoms with E-state index in [1.807, 2.05) is 55.5 Å². The molecule has 0 fully saturated rings. The number of esters is 1. The lowest BCUT2D eigenvalue weighted by Crippen LogP contribution is -2.13. The Labute approximate surface area is 147 Å². The van der Waals surface area contributed by atoms with Crippen LogP contribution in [-0.2, 0) is 16.1 Å². The van der Waals surface area contributed by atoms with Crippen molar-refractivity contribution in [2.45, 2.75) is 45.8 Å². The van der Waals surface area contributed by atoms with Crippen molar-refractivity contribution in [3.63, 3.8) is 0 Å². The van der Waals surface area contributed by atoms with Gasteiger partial charge < -0.3 is 9.30 Å². The van der Waals surface area contributed by atoms with Gasteiger partial charge in [0.2, 0.25) is 0 Å². The molecule has 0 aliphatic heterocycles. The van der Waals surface area contributed by atoms with E-state index in [0.717, 1.165) is 47.6 Å². The summed E-state index contributed by atoms with van der Waals surface area (Å²) in [5.74, 6) is -0.232. The third kappa shape index (κ3) is 3.73. The van der Waals surface area contributed by atoms with Crippen LogP contribution in [0, 0.1) is 0 Å². The molecule has 0 bridgehead atoms. The first-order chi connectivity index (χ1) is 12.1. The Morgan fingerprint density at radius 2 is 1.56 bits per heavy atom. The zero-order valence-corrected chi connectivity index (χ0v) is 14.7. The van der Waals surface area contributed by atoms with Crippen LogP contribution < -0.4 is 5.43 Å². The number of pyridine rings is 1. The van der Waals surface area contributed by atoms with Crippen molar-refractivity contribution in [1.82, 2.24) is 4.57 Å². The highest BCUT2D eigenvalue weighted by Gasteiger charge is 2.10. The van der Waals surface area contributed by atoms with Gasteiger partial charge in [0.25, 0.3) is 0 Å². The summed E-state index contributed by atoms with van der Waals surface area (Å²) in [6.45, 7) is 4.19. The fraction of sp³-hybridized carbons (Fsp3) is 0.333. The fourth-order valence-corrected chi connectivity index (χ4v) is 3.36. The summed E-state index contributed by atoms with van der Waals surface area (Å²) in [6, 6.07) is 15.5. The largest absolute Gasteiger partial charge is 0.463 e. The molecule has 0 aliphatic rings. The van der Waals surface area contributed by atoms with Gasteiger partial charge in [-0.2, -0.15) is 0 Å². The number of para-hydroxylation sites is 2. The van der Waals surface area contributed by atoms with E-state index in [0.29, 0.717) is 0 Å². The number of fused-ring (bicyclic) bond motifs is 2. The first-order valence-corrected chi connectivity index (χ1v) is 8.75. The average molecular weight is 337 g/mol. The number of benzene rings is 2. The van der Waals surface area contributed by atoms with Gasteiger partial charge >= 0.3 is 5.97 Å². The van der Waals surface area contributed by atoms with Crippen molar-refractivity contribution in [3.05, 3.63) is 58.8 Å². The van der Waals surface area contributed by atoms with E-state index in [4.69, 9.17) is 4.74 Å². The number of rotatable bonds is 6. The minimum Gasteiger partial charge on any atom is -0.463 e. The number of nitrogens with zero attached hydrogens (tertiary/aromatic N) is 1. The van der Waals surface area contributed by atoms with E-state index < -0.39 is 0 Å².